The molecule has 0 spiro atoms. The Morgan fingerprint density at radius 1 is 1.27 bits per heavy atom. The zero-order valence-corrected chi connectivity index (χ0v) is 16.0. The van der Waals surface area contributed by atoms with Crippen LogP contribution in [0.15, 0.2) is 24.3 Å². The number of unbranched alkanes of at least 4 members (excludes halogenated alkanes) is 2. The van der Waals surface area contributed by atoms with Crippen molar-refractivity contribution in [2.24, 2.45) is 0 Å². The Hall–Kier alpha value is -2.19. The molecule has 2 rings (SSSR count). The summed E-state index contributed by atoms with van der Waals surface area (Å²) >= 11 is 11.1. The van der Waals surface area contributed by atoms with Crippen molar-refractivity contribution in [1.82, 2.24) is 20.1 Å². The van der Waals surface area contributed by atoms with E-state index in [4.69, 9.17) is 23.8 Å². The van der Waals surface area contributed by atoms with Crippen molar-refractivity contribution in [3.63, 3.8) is 0 Å². The van der Waals surface area contributed by atoms with Crippen LogP contribution in [0, 0.1) is 4.77 Å². The molecule has 26 heavy (non-hydrogen) atoms. The number of carbonyl (C=O) groups excluding carboxylic acids is 2. The molecular formula is C17H21ClN4O3S. The van der Waals surface area contributed by atoms with Crippen LogP contribution in [-0.4, -0.2) is 40.3 Å². The number of nitrogens with zero attached hydrogens (tertiary/aromatic N) is 2. The summed E-state index contributed by atoms with van der Waals surface area (Å²) in [6.07, 6.45) is 2.79. The molecule has 140 valence electrons. The van der Waals surface area contributed by atoms with Crippen molar-refractivity contribution in [3.05, 3.63) is 34.1 Å². The number of benzene rings is 1. The van der Waals surface area contributed by atoms with Gasteiger partial charge in [-0.15, -0.1) is 0 Å². The van der Waals surface area contributed by atoms with E-state index in [0.717, 1.165) is 24.8 Å². The van der Waals surface area contributed by atoms with Gasteiger partial charge in [-0.2, -0.15) is 5.10 Å². The van der Waals surface area contributed by atoms with Gasteiger partial charge >= 0.3 is 5.97 Å². The first kappa shape index (κ1) is 20.1. The molecule has 1 aromatic heterocycles. The van der Waals surface area contributed by atoms with Crippen LogP contribution in [0.5, 0.6) is 0 Å². The van der Waals surface area contributed by atoms with E-state index in [-0.39, 0.29) is 18.4 Å². The minimum Gasteiger partial charge on any atom is -0.469 e. The topological polar surface area (TPSA) is 89.0 Å². The van der Waals surface area contributed by atoms with Gasteiger partial charge in [-0.3, -0.25) is 19.3 Å². The molecule has 0 unspecified atom stereocenters. The lowest BCUT2D eigenvalue weighted by molar-refractivity contribution is -0.140. The fraction of sp³-hybridized carbons (Fsp3) is 0.412. The number of hydrogen-bond acceptors (Lipinski definition) is 5. The Labute approximate surface area is 161 Å². The highest BCUT2D eigenvalue weighted by Crippen LogP contribution is 2.19. The van der Waals surface area contributed by atoms with Crippen LogP contribution in [-0.2, 0) is 20.9 Å². The number of nitrogens with one attached hydrogen (secondary N) is 2. The summed E-state index contributed by atoms with van der Waals surface area (Å²) < 4.78 is 6.60. The zero-order valence-electron chi connectivity index (χ0n) is 14.5. The fourth-order valence-corrected chi connectivity index (χ4v) is 2.71. The smallest absolute Gasteiger partial charge is 0.305 e. The third kappa shape index (κ3) is 5.96. The van der Waals surface area contributed by atoms with E-state index >= 15 is 0 Å². The summed E-state index contributed by atoms with van der Waals surface area (Å²) in [5.41, 5.74) is 0.817. The van der Waals surface area contributed by atoms with Gasteiger partial charge in [0.1, 0.15) is 6.54 Å². The van der Waals surface area contributed by atoms with Gasteiger partial charge in [0, 0.05) is 23.6 Å². The number of halogens is 1. The maximum atomic E-state index is 12.2. The Bertz CT molecular complexity index is 801. The van der Waals surface area contributed by atoms with E-state index in [2.05, 4.69) is 20.3 Å². The maximum absolute atomic E-state index is 12.2. The highest BCUT2D eigenvalue weighted by molar-refractivity contribution is 7.71. The third-order valence-corrected chi connectivity index (χ3v) is 4.33. The first-order chi connectivity index (χ1) is 12.5. The highest BCUT2D eigenvalue weighted by Gasteiger charge is 2.12. The number of H-pyrrole nitrogens is 1. The SMILES string of the molecule is COC(=O)CCCCCNC(=O)Cn1c(-c2ccc(Cl)cc2)n[nH]c1=S. The first-order valence-electron chi connectivity index (χ1n) is 8.26. The lowest BCUT2D eigenvalue weighted by atomic mass is 10.2. The predicted molar refractivity (Wildman–Crippen MR) is 101 cm³/mol. The average molecular weight is 397 g/mol. The Morgan fingerprint density at radius 2 is 2.00 bits per heavy atom. The number of aromatic amines is 1. The molecule has 2 N–H and O–H groups in total. The predicted octanol–water partition coefficient (Wildman–Crippen LogP) is 3.11. The second-order valence-corrected chi connectivity index (χ2v) is 6.51. The maximum Gasteiger partial charge on any atom is 0.305 e. The number of methoxy groups -OCH3 is 1. The van der Waals surface area contributed by atoms with Crippen LogP contribution in [0.3, 0.4) is 0 Å². The number of esters is 1. The van der Waals surface area contributed by atoms with Gasteiger partial charge in [0.25, 0.3) is 0 Å². The minimum absolute atomic E-state index is 0.0788. The molecule has 0 atom stereocenters. The van der Waals surface area contributed by atoms with Crippen LogP contribution in [0.2, 0.25) is 5.02 Å². The van der Waals surface area contributed by atoms with Gasteiger partial charge in [0.2, 0.25) is 5.91 Å². The molecule has 2 aromatic rings. The van der Waals surface area contributed by atoms with Gasteiger partial charge < -0.3 is 10.1 Å². The normalized spacial score (nSPS) is 10.5. The first-order valence-corrected chi connectivity index (χ1v) is 9.04. The second-order valence-electron chi connectivity index (χ2n) is 5.68. The van der Waals surface area contributed by atoms with Crippen LogP contribution in [0.25, 0.3) is 11.4 Å². The number of hydrogen-bond donors (Lipinski definition) is 2. The van der Waals surface area contributed by atoms with Crippen LogP contribution < -0.4 is 5.32 Å². The molecule has 1 heterocycles. The summed E-state index contributed by atoms with van der Waals surface area (Å²) in [4.78, 5) is 23.2. The van der Waals surface area contributed by atoms with Crippen molar-refractivity contribution in [2.45, 2.75) is 32.2 Å². The molecule has 0 aliphatic carbocycles. The van der Waals surface area contributed by atoms with E-state index in [9.17, 15) is 9.59 Å². The van der Waals surface area contributed by atoms with Gasteiger partial charge in [-0.05, 0) is 49.3 Å². The van der Waals surface area contributed by atoms with Crippen molar-refractivity contribution in [1.29, 1.82) is 0 Å². The third-order valence-electron chi connectivity index (χ3n) is 3.77. The number of ether oxygens (including phenoxy) is 1. The molecule has 0 aliphatic heterocycles. The molecule has 1 amide bonds. The van der Waals surface area contributed by atoms with Crippen molar-refractivity contribution < 1.29 is 14.3 Å². The summed E-state index contributed by atoms with van der Waals surface area (Å²) in [5.74, 6) is 0.226. The Morgan fingerprint density at radius 3 is 2.69 bits per heavy atom. The molecule has 0 radical (unpaired) electrons. The zero-order chi connectivity index (χ0) is 18.9. The summed E-state index contributed by atoms with van der Waals surface area (Å²) in [6.45, 7) is 0.622. The molecular weight excluding hydrogens is 376 g/mol. The van der Waals surface area contributed by atoms with Crippen molar-refractivity contribution in [3.8, 4) is 11.4 Å². The van der Waals surface area contributed by atoms with Gasteiger partial charge in [-0.25, -0.2) is 0 Å². The van der Waals surface area contributed by atoms with Crippen LogP contribution >= 0.6 is 23.8 Å². The van der Waals surface area contributed by atoms with E-state index in [1.54, 1.807) is 16.7 Å². The lowest BCUT2D eigenvalue weighted by Gasteiger charge is -2.08. The largest absolute Gasteiger partial charge is 0.469 e. The van der Waals surface area contributed by atoms with Crippen LogP contribution in [0.4, 0.5) is 0 Å². The molecule has 0 aliphatic rings. The molecule has 7 nitrogen and oxygen atoms in total. The Balaban J connectivity index is 1.84. The van der Waals surface area contributed by atoms with Gasteiger partial charge in [-0.1, -0.05) is 18.0 Å². The highest BCUT2D eigenvalue weighted by atomic mass is 35.5. The molecule has 0 fully saturated rings. The number of rotatable bonds is 9. The summed E-state index contributed by atoms with van der Waals surface area (Å²) in [7, 11) is 1.38. The monoisotopic (exact) mass is 396 g/mol. The lowest BCUT2D eigenvalue weighted by Crippen LogP contribution is -2.28. The Kier molecular flexibility index (Phi) is 7.80. The minimum atomic E-state index is -0.210. The number of carbonyl (C=O) groups is 2. The van der Waals surface area contributed by atoms with E-state index in [0.29, 0.717) is 28.6 Å². The second kappa shape index (κ2) is 10.1. The quantitative estimate of drug-likeness (QED) is 0.386. The van der Waals surface area contributed by atoms with E-state index < -0.39 is 0 Å². The van der Waals surface area contributed by atoms with Crippen molar-refractivity contribution >= 4 is 35.7 Å². The number of amides is 1. The number of aromatic nitrogens is 3. The van der Waals surface area contributed by atoms with Crippen LogP contribution in [0.1, 0.15) is 25.7 Å². The molecule has 1 aromatic carbocycles. The average Bonchev–Trinajstić information content (AvgIpc) is 2.99. The molecule has 0 saturated carbocycles. The standard InChI is InChI=1S/C17H21ClN4O3S/c1-25-15(24)5-3-2-4-10-19-14(23)11-22-16(20-21-17(22)26)12-6-8-13(18)9-7-12/h6-9H,2-5,10-11H2,1H3,(H,19,23)(H,21,26). The van der Waals surface area contributed by atoms with Gasteiger partial charge in [0.05, 0.1) is 7.11 Å². The fourth-order valence-electron chi connectivity index (χ4n) is 2.38. The molecule has 9 heteroatoms. The van der Waals surface area contributed by atoms with Crippen molar-refractivity contribution in [2.75, 3.05) is 13.7 Å². The van der Waals surface area contributed by atoms with E-state index in [1.165, 1.54) is 7.11 Å². The van der Waals surface area contributed by atoms with E-state index in [1.807, 2.05) is 12.1 Å². The molecule has 0 saturated heterocycles. The summed E-state index contributed by atoms with van der Waals surface area (Å²) in [5, 5.41) is 10.4. The van der Waals surface area contributed by atoms with Gasteiger partial charge in [0.15, 0.2) is 10.6 Å². The molecule has 0 bridgehead atoms. The summed E-state index contributed by atoms with van der Waals surface area (Å²) in [6, 6.07) is 7.16.